The molecule has 0 spiro atoms. The fourth-order valence-corrected chi connectivity index (χ4v) is 3.87. The summed E-state index contributed by atoms with van der Waals surface area (Å²) in [5, 5.41) is 8.12. The molecule has 0 aliphatic rings. The number of halogens is 3. The number of fused-ring (bicyclic) bond motifs is 1. The van der Waals surface area contributed by atoms with Crippen molar-refractivity contribution in [3.05, 3.63) is 64.6 Å². The van der Waals surface area contributed by atoms with Crippen molar-refractivity contribution in [3.63, 3.8) is 0 Å². The van der Waals surface area contributed by atoms with Gasteiger partial charge in [-0.15, -0.1) is 11.3 Å². The van der Waals surface area contributed by atoms with Crippen molar-refractivity contribution >= 4 is 45.3 Å². The van der Waals surface area contributed by atoms with Gasteiger partial charge in [0.15, 0.2) is 11.5 Å². The van der Waals surface area contributed by atoms with Crippen LogP contribution in [-0.4, -0.2) is 30.1 Å². The minimum atomic E-state index is -4.44. The number of aromatic nitrogens is 2. The summed E-state index contributed by atoms with van der Waals surface area (Å²) in [6.07, 6.45) is -3.06. The molecule has 7 nitrogen and oxygen atoms in total. The Morgan fingerprint density at radius 1 is 1.00 bits per heavy atom. The summed E-state index contributed by atoms with van der Waals surface area (Å²) in [7, 11) is 3.04. The molecule has 0 aliphatic carbocycles. The summed E-state index contributed by atoms with van der Waals surface area (Å²) in [5.74, 6) is 0.989. The molecule has 2 heterocycles. The number of nitrogens with one attached hydrogen (secondary N) is 2. The molecular formula is C22H17F3N4O3S. The van der Waals surface area contributed by atoms with Gasteiger partial charge < -0.3 is 20.1 Å². The van der Waals surface area contributed by atoms with Crippen LogP contribution in [0.4, 0.5) is 30.4 Å². The molecule has 2 aromatic heterocycles. The van der Waals surface area contributed by atoms with E-state index in [1.54, 1.807) is 23.6 Å². The number of hydrogen-bond donors (Lipinski definition) is 2. The Hall–Kier alpha value is -3.86. The summed E-state index contributed by atoms with van der Waals surface area (Å²) in [6, 6.07) is 9.40. The maximum Gasteiger partial charge on any atom is 0.416 e. The third kappa shape index (κ3) is 4.67. The first-order valence-electron chi connectivity index (χ1n) is 9.50. The van der Waals surface area contributed by atoms with Gasteiger partial charge in [0.05, 0.1) is 31.0 Å². The van der Waals surface area contributed by atoms with Crippen molar-refractivity contribution < 1.29 is 27.4 Å². The number of nitrogens with zero attached hydrogens (tertiary/aromatic N) is 2. The van der Waals surface area contributed by atoms with Crippen molar-refractivity contribution in [1.82, 2.24) is 9.97 Å². The normalized spacial score (nSPS) is 11.3. The second kappa shape index (κ2) is 8.94. The van der Waals surface area contributed by atoms with Crippen LogP contribution >= 0.6 is 11.3 Å². The second-order valence-electron chi connectivity index (χ2n) is 6.76. The van der Waals surface area contributed by atoms with Gasteiger partial charge in [-0.3, -0.25) is 4.79 Å². The van der Waals surface area contributed by atoms with E-state index in [1.807, 2.05) is 0 Å². The summed E-state index contributed by atoms with van der Waals surface area (Å²) in [6.45, 7) is 0. The van der Waals surface area contributed by atoms with Crippen LogP contribution in [0.2, 0.25) is 0 Å². The Morgan fingerprint density at radius 3 is 2.36 bits per heavy atom. The number of rotatable bonds is 6. The van der Waals surface area contributed by atoms with E-state index >= 15 is 0 Å². The van der Waals surface area contributed by atoms with Crippen LogP contribution in [-0.2, 0) is 6.18 Å². The molecule has 0 fully saturated rings. The van der Waals surface area contributed by atoms with Crippen LogP contribution in [0.3, 0.4) is 0 Å². The molecule has 2 N–H and O–H groups in total. The van der Waals surface area contributed by atoms with Crippen LogP contribution in [0.1, 0.15) is 15.2 Å². The number of benzene rings is 2. The van der Waals surface area contributed by atoms with Gasteiger partial charge in [-0.05, 0) is 41.8 Å². The highest BCUT2D eigenvalue weighted by atomic mass is 32.1. The van der Waals surface area contributed by atoms with E-state index in [0.717, 1.165) is 12.1 Å². The lowest BCUT2D eigenvalue weighted by Crippen LogP contribution is -2.12. The molecule has 33 heavy (non-hydrogen) atoms. The van der Waals surface area contributed by atoms with Crippen LogP contribution in [0.15, 0.2) is 54.2 Å². The van der Waals surface area contributed by atoms with Crippen LogP contribution in [0.5, 0.6) is 11.5 Å². The van der Waals surface area contributed by atoms with Gasteiger partial charge in [-0.2, -0.15) is 13.2 Å². The third-order valence-electron chi connectivity index (χ3n) is 4.74. The largest absolute Gasteiger partial charge is 0.493 e. The smallest absolute Gasteiger partial charge is 0.416 e. The van der Waals surface area contributed by atoms with Crippen LogP contribution in [0, 0.1) is 0 Å². The van der Waals surface area contributed by atoms with E-state index in [4.69, 9.17) is 9.47 Å². The molecule has 0 saturated heterocycles. The molecule has 0 radical (unpaired) electrons. The van der Waals surface area contributed by atoms with E-state index in [9.17, 15) is 18.0 Å². The molecule has 0 atom stereocenters. The van der Waals surface area contributed by atoms with E-state index in [2.05, 4.69) is 20.6 Å². The van der Waals surface area contributed by atoms with Gasteiger partial charge in [0.2, 0.25) is 0 Å². The third-order valence-corrected chi connectivity index (χ3v) is 5.65. The quantitative estimate of drug-likeness (QED) is 0.372. The zero-order valence-corrected chi connectivity index (χ0v) is 18.2. The first-order valence-corrected chi connectivity index (χ1v) is 10.4. The number of amides is 1. The highest BCUT2D eigenvalue weighted by Gasteiger charge is 2.30. The van der Waals surface area contributed by atoms with Crippen LogP contribution < -0.4 is 20.1 Å². The highest BCUT2D eigenvalue weighted by molar-refractivity contribution is 7.12. The number of carbonyl (C=O) groups excluding carboxylic acids is 1. The lowest BCUT2D eigenvalue weighted by molar-refractivity contribution is -0.137. The molecule has 1 amide bonds. The molecule has 0 saturated carbocycles. The molecule has 2 aromatic carbocycles. The lowest BCUT2D eigenvalue weighted by atomic mass is 10.2. The molecule has 0 bridgehead atoms. The second-order valence-corrected chi connectivity index (χ2v) is 7.68. The average molecular weight is 474 g/mol. The average Bonchev–Trinajstić information content (AvgIpc) is 3.26. The van der Waals surface area contributed by atoms with Crippen molar-refractivity contribution in [2.24, 2.45) is 0 Å². The summed E-state index contributed by atoms with van der Waals surface area (Å²) < 4.78 is 48.9. The van der Waals surface area contributed by atoms with Gasteiger partial charge in [-0.25, -0.2) is 9.97 Å². The fraction of sp³-hybridized carbons (Fsp3) is 0.136. The van der Waals surface area contributed by atoms with Crippen molar-refractivity contribution in [3.8, 4) is 11.5 Å². The molecule has 0 aliphatic heterocycles. The van der Waals surface area contributed by atoms with Gasteiger partial charge in [0.25, 0.3) is 5.91 Å². The van der Waals surface area contributed by atoms with Crippen molar-refractivity contribution in [2.45, 2.75) is 6.18 Å². The molecule has 11 heteroatoms. The fourth-order valence-electron chi connectivity index (χ4n) is 3.12. The monoisotopic (exact) mass is 474 g/mol. The predicted octanol–water partition coefficient (Wildman–Crippen LogP) is 5.72. The maximum atomic E-state index is 12.8. The SMILES string of the molecule is COc1cc2ncnc(Nc3ccsc3C(=O)Nc3ccc(C(F)(F)F)cc3)c2cc1OC. The first-order chi connectivity index (χ1) is 15.8. The minimum Gasteiger partial charge on any atom is -0.493 e. The number of hydrogen-bond acceptors (Lipinski definition) is 7. The molecule has 4 aromatic rings. The topological polar surface area (TPSA) is 85.4 Å². The van der Waals surface area contributed by atoms with Crippen LogP contribution in [0.25, 0.3) is 10.9 Å². The van der Waals surface area contributed by atoms with Crippen molar-refractivity contribution in [1.29, 1.82) is 0 Å². The molecule has 4 rings (SSSR count). The minimum absolute atomic E-state index is 0.247. The zero-order chi connectivity index (χ0) is 23.6. The Bertz CT molecular complexity index is 1310. The van der Waals surface area contributed by atoms with Gasteiger partial charge in [-0.1, -0.05) is 0 Å². The van der Waals surface area contributed by atoms with Gasteiger partial charge in [0, 0.05) is 17.1 Å². The summed E-state index contributed by atoms with van der Waals surface area (Å²) in [5.41, 5.74) is 0.550. The van der Waals surface area contributed by atoms with E-state index < -0.39 is 17.6 Å². The lowest BCUT2D eigenvalue weighted by Gasteiger charge is -2.12. The summed E-state index contributed by atoms with van der Waals surface area (Å²) >= 11 is 1.18. The Labute approximate surface area is 190 Å². The molecular weight excluding hydrogens is 457 g/mol. The van der Waals surface area contributed by atoms with Gasteiger partial charge >= 0.3 is 6.18 Å². The number of alkyl halides is 3. The van der Waals surface area contributed by atoms with Gasteiger partial charge in [0.1, 0.15) is 17.0 Å². The van der Waals surface area contributed by atoms with Crippen molar-refractivity contribution in [2.75, 3.05) is 24.9 Å². The maximum absolute atomic E-state index is 12.8. The molecule has 170 valence electrons. The summed E-state index contributed by atoms with van der Waals surface area (Å²) in [4.78, 5) is 21.6. The number of ether oxygens (including phenoxy) is 2. The Balaban J connectivity index is 1.59. The number of thiophene rings is 1. The number of anilines is 3. The Kier molecular flexibility index (Phi) is 6.05. The first kappa shape index (κ1) is 22.3. The highest BCUT2D eigenvalue weighted by Crippen LogP contribution is 2.36. The Morgan fingerprint density at radius 2 is 1.70 bits per heavy atom. The molecule has 0 unspecified atom stereocenters. The van der Waals surface area contributed by atoms with E-state index in [-0.39, 0.29) is 5.69 Å². The zero-order valence-electron chi connectivity index (χ0n) is 17.4. The van der Waals surface area contributed by atoms with E-state index in [1.165, 1.54) is 44.0 Å². The predicted molar refractivity (Wildman–Crippen MR) is 120 cm³/mol. The standard InChI is InChI=1S/C22H17F3N4O3S/c1-31-17-9-14-16(10-18(17)32-2)26-11-27-20(14)29-15-7-8-33-19(15)21(30)28-13-5-3-12(4-6-13)22(23,24)25/h3-11H,1-2H3,(H,28,30)(H,26,27,29). The number of carbonyl (C=O) groups is 1. The van der Waals surface area contributed by atoms with E-state index in [0.29, 0.717) is 38.8 Å². The number of methoxy groups -OCH3 is 2.